The number of rotatable bonds is 6. The smallest absolute Gasteiger partial charge is 0.160 e. The summed E-state index contributed by atoms with van der Waals surface area (Å²) in [6.07, 6.45) is 3.84. The van der Waals surface area contributed by atoms with Crippen LogP contribution >= 0.6 is 0 Å². The lowest BCUT2D eigenvalue weighted by Gasteiger charge is -2.12. The van der Waals surface area contributed by atoms with Gasteiger partial charge in [0.15, 0.2) is 5.82 Å². The maximum Gasteiger partial charge on any atom is 0.160 e. The summed E-state index contributed by atoms with van der Waals surface area (Å²) >= 11 is 0. The molecular formula is C51H35N5. The first-order chi connectivity index (χ1) is 27.5. The molecule has 0 aliphatic heterocycles. The lowest BCUT2D eigenvalue weighted by atomic mass is 9.98. The Hall–Kier alpha value is -7.37. The number of aromatic nitrogens is 5. The summed E-state index contributed by atoms with van der Waals surface area (Å²) in [4.78, 5) is 24.9. The van der Waals surface area contributed by atoms with Gasteiger partial charge in [-0.2, -0.15) is 0 Å². The van der Waals surface area contributed by atoms with Gasteiger partial charge in [-0.25, -0.2) is 15.0 Å². The van der Waals surface area contributed by atoms with Gasteiger partial charge in [0.25, 0.3) is 0 Å². The molecule has 0 saturated heterocycles. The van der Waals surface area contributed by atoms with E-state index in [-0.39, 0.29) is 0 Å². The minimum atomic E-state index is 0.671. The average molecular weight is 718 g/mol. The van der Waals surface area contributed by atoms with E-state index in [1.54, 1.807) is 0 Å². The third-order valence-electron chi connectivity index (χ3n) is 10.6. The summed E-state index contributed by atoms with van der Waals surface area (Å²) in [6, 6.07) is 57.1. The largest absolute Gasteiger partial charge is 0.263 e. The first kappa shape index (κ1) is 33.2. The predicted molar refractivity (Wildman–Crippen MR) is 230 cm³/mol. The van der Waals surface area contributed by atoms with Crippen molar-refractivity contribution in [3.8, 4) is 67.4 Å². The quantitative estimate of drug-likeness (QED) is 0.160. The van der Waals surface area contributed by atoms with E-state index in [0.717, 1.165) is 99.9 Å². The molecule has 56 heavy (non-hydrogen) atoms. The third-order valence-corrected chi connectivity index (χ3v) is 10.6. The standard InChI is InChI=1S/C51H35N5/c1-32-26-46(54-50-43(32)25-24-37-19-18-33(2)53-49(37)50)40-15-8-13-38(27-40)34-20-22-36(23-21-34)48-29-47(35-10-4-3-5-11-35)55-51(56-48)41-16-9-14-39(28-41)45-31-52-30-42-12-6-7-17-44(42)45/h3-31H,1-2H3. The van der Waals surface area contributed by atoms with Crippen molar-refractivity contribution in [3.63, 3.8) is 0 Å². The maximum absolute atomic E-state index is 5.19. The number of pyridine rings is 3. The molecular weight excluding hydrogens is 683 g/mol. The second kappa shape index (κ2) is 13.8. The molecule has 5 nitrogen and oxygen atoms in total. The molecule has 10 aromatic rings. The van der Waals surface area contributed by atoms with Gasteiger partial charge in [0.05, 0.1) is 28.1 Å². The molecule has 6 aromatic carbocycles. The Bertz CT molecular complexity index is 3090. The van der Waals surface area contributed by atoms with Gasteiger partial charge in [-0.05, 0) is 71.8 Å². The molecule has 0 radical (unpaired) electrons. The number of aryl methyl sites for hydroxylation is 2. The molecule has 10 rings (SSSR count). The molecule has 0 unspecified atom stereocenters. The predicted octanol–water partition coefficient (Wildman–Crippen LogP) is 12.7. The summed E-state index contributed by atoms with van der Waals surface area (Å²) in [5, 5.41) is 4.50. The van der Waals surface area contributed by atoms with Gasteiger partial charge >= 0.3 is 0 Å². The lowest BCUT2D eigenvalue weighted by Crippen LogP contribution is -1.96. The lowest BCUT2D eigenvalue weighted by molar-refractivity contribution is 1.18. The summed E-state index contributed by atoms with van der Waals surface area (Å²) in [6.45, 7) is 4.18. The van der Waals surface area contributed by atoms with Crippen molar-refractivity contribution in [3.05, 3.63) is 187 Å². The van der Waals surface area contributed by atoms with Gasteiger partial charge in [0, 0.05) is 62.1 Å². The van der Waals surface area contributed by atoms with E-state index in [2.05, 4.69) is 151 Å². The van der Waals surface area contributed by atoms with Crippen LogP contribution in [0.15, 0.2) is 176 Å². The molecule has 0 aliphatic rings. The van der Waals surface area contributed by atoms with Gasteiger partial charge in [0.1, 0.15) is 0 Å². The monoisotopic (exact) mass is 717 g/mol. The molecule has 0 amide bonds. The molecule has 5 heteroatoms. The van der Waals surface area contributed by atoms with Crippen LogP contribution in [0.3, 0.4) is 0 Å². The number of fused-ring (bicyclic) bond motifs is 4. The number of hydrogen-bond donors (Lipinski definition) is 0. The molecule has 0 spiro atoms. The van der Waals surface area contributed by atoms with Crippen LogP contribution in [0.4, 0.5) is 0 Å². The van der Waals surface area contributed by atoms with Crippen LogP contribution in [-0.2, 0) is 0 Å². The van der Waals surface area contributed by atoms with Crippen molar-refractivity contribution in [1.82, 2.24) is 24.9 Å². The third kappa shape index (κ3) is 6.15. The van der Waals surface area contributed by atoms with Gasteiger partial charge in [0.2, 0.25) is 0 Å². The summed E-state index contributed by atoms with van der Waals surface area (Å²) in [7, 11) is 0. The number of nitrogens with zero attached hydrogens (tertiary/aromatic N) is 5. The van der Waals surface area contributed by atoms with E-state index in [4.69, 9.17) is 19.9 Å². The second-order valence-corrected chi connectivity index (χ2v) is 14.3. The molecule has 4 heterocycles. The van der Waals surface area contributed by atoms with Crippen molar-refractivity contribution in [2.75, 3.05) is 0 Å². The highest BCUT2D eigenvalue weighted by Crippen LogP contribution is 2.35. The summed E-state index contributed by atoms with van der Waals surface area (Å²) < 4.78 is 0. The van der Waals surface area contributed by atoms with Gasteiger partial charge in [-0.15, -0.1) is 0 Å². The minimum absolute atomic E-state index is 0.671. The van der Waals surface area contributed by atoms with Crippen LogP contribution in [0.5, 0.6) is 0 Å². The Morgan fingerprint density at radius 1 is 0.357 bits per heavy atom. The van der Waals surface area contributed by atoms with E-state index in [1.807, 2.05) is 43.6 Å². The zero-order valence-corrected chi connectivity index (χ0v) is 31.0. The Morgan fingerprint density at radius 3 is 1.84 bits per heavy atom. The van der Waals surface area contributed by atoms with Crippen molar-refractivity contribution in [1.29, 1.82) is 0 Å². The maximum atomic E-state index is 5.19. The van der Waals surface area contributed by atoms with Crippen LogP contribution in [0.25, 0.3) is 100.0 Å². The van der Waals surface area contributed by atoms with E-state index in [9.17, 15) is 0 Å². The highest BCUT2D eigenvalue weighted by Gasteiger charge is 2.14. The van der Waals surface area contributed by atoms with Crippen molar-refractivity contribution >= 4 is 32.6 Å². The Kier molecular flexibility index (Phi) is 8.19. The molecule has 0 atom stereocenters. The summed E-state index contributed by atoms with van der Waals surface area (Å²) in [5.74, 6) is 0.671. The van der Waals surface area contributed by atoms with Crippen LogP contribution in [0.1, 0.15) is 11.3 Å². The fourth-order valence-electron chi connectivity index (χ4n) is 7.63. The average Bonchev–Trinajstić information content (AvgIpc) is 3.26. The Labute approximate surface area is 325 Å². The minimum Gasteiger partial charge on any atom is -0.263 e. The first-order valence-corrected chi connectivity index (χ1v) is 18.8. The highest BCUT2D eigenvalue weighted by molar-refractivity contribution is 6.04. The molecule has 0 aliphatic carbocycles. The van der Waals surface area contributed by atoms with E-state index in [0.29, 0.717) is 5.82 Å². The molecule has 0 bridgehead atoms. The topological polar surface area (TPSA) is 64.5 Å². The molecule has 4 aromatic heterocycles. The van der Waals surface area contributed by atoms with Crippen LogP contribution in [-0.4, -0.2) is 24.9 Å². The molecule has 0 saturated carbocycles. The van der Waals surface area contributed by atoms with Gasteiger partial charge in [-0.1, -0.05) is 133 Å². The number of hydrogen-bond acceptors (Lipinski definition) is 5. The van der Waals surface area contributed by atoms with Gasteiger partial charge in [-0.3, -0.25) is 9.97 Å². The fraction of sp³-hybridized carbons (Fsp3) is 0.0392. The van der Waals surface area contributed by atoms with E-state index in [1.165, 1.54) is 5.56 Å². The fourth-order valence-corrected chi connectivity index (χ4v) is 7.63. The van der Waals surface area contributed by atoms with Crippen LogP contribution in [0, 0.1) is 13.8 Å². The zero-order chi connectivity index (χ0) is 37.6. The summed E-state index contributed by atoms with van der Waals surface area (Å²) in [5.41, 5.74) is 15.2. The van der Waals surface area contributed by atoms with Gasteiger partial charge < -0.3 is 0 Å². The van der Waals surface area contributed by atoms with E-state index < -0.39 is 0 Å². The first-order valence-electron chi connectivity index (χ1n) is 18.8. The highest BCUT2D eigenvalue weighted by atomic mass is 14.9. The molecule has 0 N–H and O–H groups in total. The van der Waals surface area contributed by atoms with Crippen molar-refractivity contribution in [2.24, 2.45) is 0 Å². The van der Waals surface area contributed by atoms with Crippen molar-refractivity contribution in [2.45, 2.75) is 13.8 Å². The molecule has 264 valence electrons. The SMILES string of the molecule is Cc1ccc2ccc3c(C)cc(-c4cccc(-c5ccc(-c6cc(-c7ccccc7)nc(-c7cccc(-c8cncc9ccccc89)c7)n6)cc5)c4)nc3c2n1. The Balaban J connectivity index is 1.02. The zero-order valence-electron chi connectivity index (χ0n) is 31.0. The number of benzene rings is 6. The molecule has 0 fully saturated rings. The second-order valence-electron chi connectivity index (χ2n) is 14.3. The van der Waals surface area contributed by atoms with Crippen molar-refractivity contribution < 1.29 is 0 Å². The van der Waals surface area contributed by atoms with Crippen LogP contribution in [0.2, 0.25) is 0 Å². The Morgan fingerprint density at radius 2 is 1.00 bits per heavy atom. The van der Waals surface area contributed by atoms with Crippen LogP contribution < -0.4 is 0 Å². The normalized spacial score (nSPS) is 11.4. The van der Waals surface area contributed by atoms with E-state index >= 15 is 0 Å².